The van der Waals surface area contributed by atoms with Gasteiger partial charge in [-0.3, -0.25) is 4.79 Å². The third-order valence-electron chi connectivity index (χ3n) is 5.56. The topological polar surface area (TPSA) is 46.7 Å². The van der Waals surface area contributed by atoms with Gasteiger partial charge in [-0.2, -0.15) is 0 Å². The summed E-state index contributed by atoms with van der Waals surface area (Å²) in [7, 11) is 0. The fourth-order valence-corrected chi connectivity index (χ4v) is 4.06. The molecule has 1 aromatic heterocycles. The summed E-state index contributed by atoms with van der Waals surface area (Å²) in [4.78, 5) is 14.3. The summed E-state index contributed by atoms with van der Waals surface area (Å²) >= 11 is 0. The van der Waals surface area contributed by atoms with E-state index in [2.05, 4.69) is 18.4 Å². The molecule has 3 rings (SSSR count). The monoisotopic (exact) mass is 381 g/mol. The van der Waals surface area contributed by atoms with Crippen LogP contribution in [-0.2, 0) is 6.54 Å². The summed E-state index contributed by atoms with van der Waals surface area (Å²) < 4.78 is 2.12. The van der Waals surface area contributed by atoms with Crippen molar-refractivity contribution >= 4 is 21.8 Å². The third-order valence-corrected chi connectivity index (χ3v) is 5.56. The predicted octanol–water partition coefficient (Wildman–Crippen LogP) is 3.00. The van der Waals surface area contributed by atoms with E-state index in [1.54, 1.807) is 0 Å². The van der Waals surface area contributed by atoms with Crippen LogP contribution in [0.4, 0.5) is 0 Å². The minimum absolute atomic E-state index is 0.0649. The number of benzene rings is 2. The van der Waals surface area contributed by atoms with Crippen molar-refractivity contribution in [3.63, 3.8) is 0 Å². The molecule has 0 saturated heterocycles. The van der Waals surface area contributed by atoms with Crippen molar-refractivity contribution in [1.82, 2.24) is 4.57 Å². The van der Waals surface area contributed by atoms with E-state index in [0.717, 1.165) is 41.4 Å². The zero-order valence-corrected chi connectivity index (χ0v) is 17.2. The highest BCUT2D eigenvalue weighted by atomic mass is 16.3. The van der Waals surface area contributed by atoms with Crippen LogP contribution < -0.4 is 10.3 Å². The average molecular weight is 382 g/mol. The fourth-order valence-electron chi connectivity index (χ4n) is 4.06. The second-order valence-electron chi connectivity index (χ2n) is 7.79. The molecule has 2 N–H and O–H groups in total. The van der Waals surface area contributed by atoms with Crippen molar-refractivity contribution in [1.29, 1.82) is 0 Å². The van der Waals surface area contributed by atoms with Crippen LogP contribution in [0.5, 0.6) is 0 Å². The lowest BCUT2D eigenvalue weighted by molar-refractivity contribution is -0.903. The largest absolute Gasteiger partial charge is 0.385 e. The molecule has 1 atom stereocenters. The van der Waals surface area contributed by atoms with E-state index in [0.29, 0.717) is 6.54 Å². The lowest BCUT2D eigenvalue weighted by Crippen LogP contribution is -3.13. The van der Waals surface area contributed by atoms with Gasteiger partial charge in [0.05, 0.1) is 30.7 Å². The first-order valence-corrected chi connectivity index (χ1v) is 10.7. The first-order chi connectivity index (χ1) is 13.7. The molecule has 0 fully saturated rings. The molecule has 0 saturated carbocycles. The molecule has 28 heavy (non-hydrogen) atoms. The molecular weight excluding hydrogens is 348 g/mol. The minimum Gasteiger partial charge on any atom is -0.385 e. The Morgan fingerprint density at radius 2 is 1.39 bits per heavy atom. The number of aliphatic hydroxyl groups is 1. The van der Waals surface area contributed by atoms with Crippen molar-refractivity contribution in [3.8, 4) is 0 Å². The second-order valence-corrected chi connectivity index (χ2v) is 7.79. The summed E-state index contributed by atoms with van der Waals surface area (Å²) in [6.07, 6.45) is 4.30. The molecule has 3 aromatic rings. The molecule has 0 bridgehead atoms. The number of hydrogen-bond acceptors (Lipinski definition) is 2. The lowest BCUT2D eigenvalue weighted by Gasteiger charge is -2.24. The van der Waals surface area contributed by atoms with Gasteiger partial charge in [-0.15, -0.1) is 0 Å². The Hall–Kier alpha value is -2.17. The van der Waals surface area contributed by atoms with Gasteiger partial charge in [0, 0.05) is 10.8 Å². The SMILES string of the molecule is CCCC[NH+](CCCC)C[C@@H](O)Cn1c2ccccc2c(=O)c2ccccc21. The number of hydrogen-bond donors (Lipinski definition) is 2. The summed E-state index contributed by atoms with van der Waals surface area (Å²) in [6.45, 7) is 7.90. The van der Waals surface area contributed by atoms with Crippen molar-refractivity contribution in [2.24, 2.45) is 0 Å². The third kappa shape index (κ3) is 4.62. The highest BCUT2D eigenvalue weighted by molar-refractivity contribution is 5.93. The van der Waals surface area contributed by atoms with Crippen molar-refractivity contribution in [2.45, 2.75) is 52.2 Å². The number of rotatable bonds is 10. The number of quaternary nitrogens is 1. The van der Waals surface area contributed by atoms with Gasteiger partial charge in [0.15, 0.2) is 5.43 Å². The van der Waals surface area contributed by atoms with E-state index in [9.17, 15) is 9.90 Å². The molecule has 0 unspecified atom stereocenters. The Bertz CT molecular complexity index is 896. The van der Waals surface area contributed by atoms with Gasteiger partial charge in [0.2, 0.25) is 0 Å². The van der Waals surface area contributed by atoms with E-state index in [1.165, 1.54) is 30.6 Å². The normalized spacial score (nSPS) is 12.9. The number of fused-ring (bicyclic) bond motifs is 2. The van der Waals surface area contributed by atoms with Crippen LogP contribution >= 0.6 is 0 Å². The molecule has 0 aliphatic carbocycles. The Morgan fingerprint density at radius 3 is 1.89 bits per heavy atom. The Balaban J connectivity index is 1.91. The predicted molar refractivity (Wildman–Crippen MR) is 117 cm³/mol. The zero-order valence-electron chi connectivity index (χ0n) is 17.2. The lowest BCUT2D eigenvalue weighted by atomic mass is 10.1. The Kier molecular flexibility index (Phi) is 7.24. The highest BCUT2D eigenvalue weighted by Crippen LogP contribution is 2.19. The number of aromatic nitrogens is 1. The number of nitrogens with one attached hydrogen (secondary N) is 1. The summed E-state index contributed by atoms with van der Waals surface area (Å²) in [5.41, 5.74) is 1.86. The van der Waals surface area contributed by atoms with Gasteiger partial charge in [0.25, 0.3) is 0 Å². The first-order valence-electron chi connectivity index (χ1n) is 10.7. The standard InChI is InChI=1S/C24H32N2O2/c1-3-5-15-25(16-6-4-2)17-19(27)18-26-22-13-9-7-11-20(22)24(28)21-12-8-10-14-23(21)26/h7-14,19,27H,3-6,15-18H2,1-2H3/p+1/t19-/m1/s1. The van der Waals surface area contributed by atoms with Crippen molar-refractivity contribution in [2.75, 3.05) is 19.6 Å². The van der Waals surface area contributed by atoms with E-state index in [4.69, 9.17) is 0 Å². The van der Waals surface area contributed by atoms with Crippen LogP contribution in [-0.4, -0.2) is 35.4 Å². The summed E-state index contributed by atoms with van der Waals surface area (Å²) in [6, 6.07) is 15.4. The van der Waals surface area contributed by atoms with Gasteiger partial charge in [-0.1, -0.05) is 51.0 Å². The van der Waals surface area contributed by atoms with E-state index < -0.39 is 6.10 Å². The molecule has 4 nitrogen and oxygen atoms in total. The smallest absolute Gasteiger partial charge is 0.197 e. The van der Waals surface area contributed by atoms with E-state index >= 15 is 0 Å². The fraction of sp³-hybridized carbons (Fsp3) is 0.458. The maximum absolute atomic E-state index is 12.9. The molecule has 0 amide bonds. The van der Waals surface area contributed by atoms with Gasteiger partial charge in [-0.25, -0.2) is 0 Å². The molecule has 0 radical (unpaired) electrons. The van der Waals surface area contributed by atoms with Crippen LogP contribution in [0, 0.1) is 0 Å². The molecule has 150 valence electrons. The van der Waals surface area contributed by atoms with Gasteiger partial charge < -0.3 is 14.6 Å². The number of pyridine rings is 1. The highest BCUT2D eigenvalue weighted by Gasteiger charge is 2.18. The minimum atomic E-state index is -0.446. The maximum atomic E-state index is 12.9. The number of unbranched alkanes of at least 4 members (excludes halogenated alkanes) is 2. The molecule has 4 heteroatoms. The number of aliphatic hydroxyl groups excluding tert-OH is 1. The maximum Gasteiger partial charge on any atom is 0.197 e. The Morgan fingerprint density at radius 1 is 0.893 bits per heavy atom. The van der Waals surface area contributed by atoms with Crippen LogP contribution in [0.1, 0.15) is 39.5 Å². The van der Waals surface area contributed by atoms with E-state index in [-0.39, 0.29) is 5.43 Å². The van der Waals surface area contributed by atoms with Crippen LogP contribution in [0.2, 0.25) is 0 Å². The zero-order chi connectivity index (χ0) is 19.9. The molecule has 0 aliphatic rings. The van der Waals surface area contributed by atoms with Crippen LogP contribution in [0.15, 0.2) is 53.3 Å². The van der Waals surface area contributed by atoms with Gasteiger partial charge in [0.1, 0.15) is 12.6 Å². The van der Waals surface area contributed by atoms with Crippen molar-refractivity contribution in [3.05, 3.63) is 58.8 Å². The molecule has 0 spiro atoms. The Labute approximate surface area is 167 Å². The van der Waals surface area contributed by atoms with Gasteiger partial charge in [-0.05, 0) is 37.1 Å². The second kappa shape index (κ2) is 9.85. The summed E-state index contributed by atoms with van der Waals surface area (Å²) in [5, 5.41) is 12.4. The molecular formula is C24H33N2O2+. The first kappa shape index (κ1) is 20.6. The molecule has 0 aliphatic heterocycles. The number of para-hydroxylation sites is 2. The van der Waals surface area contributed by atoms with Crippen molar-refractivity contribution < 1.29 is 10.0 Å². The number of nitrogens with zero attached hydrogens (tertiary/aromatic N) is 1. The van der Waals surface area contributed by atoms with Gasteiger partial charge >= 0.3 is 0 Å². The average Bonchev–Trinajstić information content (AvgIpc) is 2.73. The molecule has 2 aromatic carbocycles. The molecule has 1 heterocycles. The van der Waals surface area contributed by atoms with Crippen LogP contribution in [0.25, 0.3) is 21.8 Å². The van der Waals surface area contributed by atoms with Crippen LogP contribution in [0.3, 0.4) is 0 Å². The quantitative estimate of drug-likeness (QED) is 0.531. The summed E-state index contributed by atoms with van der Waals surface area (Å²) in [5.74, 6) is 0. The van der Waals surface area contributed by atoms with E-state index in [1.807, 2.05) is 48.5 Å².